The van der Waals surface area contributed by atoms with Gasteiger partial charge < -0.3 is 15.8 Å². The molecule has 0 bridgehead atoms. The molecule has 52 valence electrons. The Kier molecular flexibility index (Phi) is 21.3. The van der Waals surface area contributed by atoms with Gasteiger partial charge in [0.1, 0.15) is 0 Å². The van der Waals surface area contributed by atoms with Crippen molar-refractivity contribution in [2.45, 2.75) is 6.92 Å². The predicted octanol–water partition coefficient (Wildman–Crippen LogP) is -0.225. The van der Waals surface area contributed by atoms with Gasteiger partial charge in [0.25, 0.3) is 0 Å². The van der Waals surface area contributed by atoms with Crippen molar-refractivity contribution in [3.8, 4) is 0 Å². The van der Waals surface area contributed by atoms with Gasteiger partial charge in [-0.05, 0) is 14.0 Å². The van der Waals surface area contributed by atoms with Crippen LogP contribution in [0.1, 0.15) is 6.92 Å². The van der Waals surface area contributed by atoms with Crippen LogP contribution in [0.2, 0.25) is 0 Å². The molecule has 0 unspecified atom stereocenters. The van der Waals surface area contributed by atoms with E-state index >= 15 is 0 Å². The Bertz CT molecular complexity index is 18.4. The van der Waals surface area contributed by atoms with Crippen LogP contribution in [0, 0.1) is 0 Å². The third kappa shape index (κ3) is 39.6. The van der Waals surface area contributed by atoms with Crippen molar-refractivity contribution in [1.82, 2.24) is 5.32 Å². The third-order valence-corrected chi connectivity index (χ3v) is 0.493. The molecular weight excluding hydrogens is 104 g/mol. The van der Waals surface area contributed by atoms with Crippen molar-refractivity contribution in [2.75, 3.05) is 27.4 Å². The maximum atomic E-state index is 4.92. The molecule has 0 radical (unpaired) electrons. The fourth-order valence-electron chi connectivity index (χ4n) is 0. The maximum absolute atomic E-state index is 4.92. The Labute approximate surface area is 51.2 Å². The van der Waals surface area contributed by atoms with E-state index in [1.54, 1.807) is 14.2 Å². The lowest BCUT2D eigenvalue weighted by Crippen LogP contribution is -2.15. The first-order valence-corrected chi connectivity index (χ1v) is 2.67. The van der Waals surface area contributed by atoms with Crippen LogP contribution in [0.25, 0.3) is 0 Å². The Morgan fingerprint density at radius 3 is 1.88 bits per heavy atom. The number of rotatable bonds is 2. The first-order chi connectivity index (χ1) is 3.83. The summed E-state index contributed by atoms with van der Waals surface area (Å²) in [5.74, 6) is 0. The summed E-state index contributed by atoms with van der Waals surface area (Å²) in [7, 11) is 3.49. The number of hydrogen-bond acceptors (Lipinski definition) is 3. The summed E-state index contributed by atoms with van der Waals surface area (Å²) in [5.41, 5.74) is 4.92. The van der Waals surface area contributed by atoms with Crippen molar-refractivity contribution in [3.63, 3.8) is 0 Å². The van der Waals surface area contributed by atoms with Gasteiger partial charge in [0.15, 0.2) is 0 Å². The van der Waals surface area contributed by atoms with Gasteiger partial charge >= 0.3 is 0 Å². The van der Waals surface area contributed by atoms with Crippen LogP contribution in [-0.2, 0) is 4.74 Å². The topological polar surface area (TPSA) is 47.3 Å². The normalized spacial score (nSPS) is 7.50. The predicted molar refractivity (Wildman–Crippen MR) is 35.7 cm³/mol. The Hall–Kier alpha value is -0.120. The fourth-order valence-corrected chi connectivity index (χ4v) is 0. The molecule has 0 rings (SSSR count). The number of nitrogens with one attached hydrogen (secondary N) is 1. The molecule has 0 fully saturated rings. The quantitative estimate of drug-likeness (QED) is 0.495. The van der Waals surface area contributed by atoms with E-state index in [4.69, 9.17) is 5.73 Å². The second kappa shape index (κ2) is 15.8. The molecule has 3 nitrogen and oxygen atoms in total. The molecule has 0 aromatic carbocycles. The number of hydrogen-bond donors (Lipinski definition) is 2. The summed E-state index contributed by atoms with van der Waals surface area (Å²) in [5, 5.41) is 2.71. The lowest BCUT2D eigenvalue weighted by atomic mass is 10.9. The molecule has 0 saturated carbocycles. The van der Waals surface area contributed by atoms with E-state index < -0.39 is 0 Å². The molecule has 3 N–H and O–H groups in total. The molecule has 0 aliphatic rings. The Balaban J connectivity index is 0. The molecule has 0 saturated heterocycles. The highest BCUT2D eigenvalue weighted by Crippen LogP contribution is 1.52. The zero-order chi connectivity index (χ0) is 6.83. The first kappa shape index (κ1) is 10.8. The van der Waals surface area contributed by atoms with Gasteiger partial charge in [-0.15, -0.1) is 0 Å². The van der Waals surface area contributed by atoms with Crippen LogP contribution in [-0.4, -0.2) is 27.4 Å². The number of ether oxygens (including phenoxy) is 1. The number of methoxy groups -OCH3 is 1. The molecule has 0 heterocycles. The minimum absolute atomic E-state index is 0.569. The van der Waals surface area contributed by atoms with Crippen LogP contribution >= 0.6 is 0 Å². The van der Waals surface area contributed by atoms with Crippen molar-refractivity contribution in [2.24, 2.45) is 5.73 Å². The van der Waals surface area contributed by atoms with Gasteiger partial charge in [0.05, 0.1) is 0 Å². The first-order valence-electron chi connectivity index (χ1n) is 2.67. The van der Waals surface area contributed by atoms with E-state index in [1.807, 2.05) is 6.92 Å². The molecule has 0 aliphatic carbocycles. The molecule has 8 heavy (non-hydrogen) atoms. The lowest BCUT2D eigenvalue weighted by molar-refractivity contribution is 0.215. The van der Waals surface area contributed by atoms with Crippen molar-refractivity contribution in [3.05, 3.63) is 0 Å². The summed E-state index contributed by atoms with van der Waals surface area (Å²) in [6, 6.07) is 0. The molecule has 0 aliphatic heterocycles. The highest BCUT2D eigenvalue weighted by atomic mass is 16.5. The van der Waals surface area contributed by atoms with Crippen LogP contribution in [0.15, 0.2) is 0 Å². The summed E-state index contributed by atoms with van der Waals surface area (Å²) in [6.45, 7) is 3.35. The minimum Gasteiger partial charge on any atom is -0.385 e. The van der Waals surface area contributed by atoms with E-state index in [9.17, 15) is 0 Å². The second-order valence-electron chi connectivity index (χ2n) is 1.14. The van der Waals surface area contributed by atoms with E-state index in [0.29, 0.717) is 6.67 Å². The van der Waals surface area contributed by atoms with Crippen LogP contribution in [0.5, 0.6) is 0 Å². The van der Waals surface area contributed by atoms with E-state index in [1.165, 1.54) is 0 Å². The summed E-state index contributed by atoms with van der Waals surface area (Å²) in [4.78, 5) is 0. The molecular formula is C5H16N2O. The highest BCUT2D eigenvalue weighted by molar-refractivity contribution is 4.12. The molecule has 3 heteroatoms. The zero-order valence-corrected chi connectivity index (χ0v) is 5.90. The van der Waals surface area contributed by atoms with E-state index in [0.717, 1.165) is 6.61 Å². The fraction of sp³-hybridized carbons (Fsp3) is 1.00. The molecule has 0 aromatic heterocycles. The third-order valence-electron chi connectivity index (χ3n) is 0.493. The molecule has 0 amide bonds. The zero-order valence-electron chi connectivity index (χ0n) is 5.90. The average molecular weight is 120 g/mol. The van der Waals surface area contributed by atoms with Gasteiger partial charge in [-0.3, -0.25) is 0 Å². The van der Waals surface area contributed by atoms with Gasteiger partial charge in [-0.1, -0.05) is 0 Å². The van der Waals surface area contributed by atoms with Gasteiger partial charge in [0, 0.05) is 20.4 Å². The summed E-state index contributed by atoms with van der Waals surface area (Å²) >= 11 is 0. The molecule has 0 spiro atoms. The van der Waals surface area contributed by atoms with Crippen molar-refractivity contribution >= 4 is 0 Å². The van der Waals surface area contributed by atoms with Crippen molar-refractivity contribution < 1.29 is 4.74 Å². The van der Waals surface area contributed by atoms with Crippen LogP contribution in [0.4, 0.5) is 0 Å². The van der Waals surface area contributed by atoms with E-state index in [2.05, 4.69) is 10.1 Å². The van der Waals surface area contributed by atoms with Crippen molar-refractivity contribution in [1.29, 1.82) is 0 Å². The minimum atomic E-state index is 0.569. The standard InChI is InChI=1S/C3H8O.C2H8N2/c1-3-4-2;1-4-2-3/h3H2,1-2H3;4H,2-3H2,1H3. The SMILES string of the molecule is CCOC.CNCN. The Morgan fingerprint density at radius 2 is 1.88 bits per heavy atom. The number of nitrogens with two attached hydrogens (primary N) is 1. The highest BCUT2D eigenvalue weighted by Gasteiger charge is 1.51. The second-order valence-corrected chi connectivity index (χ2v) is 1.14. The summed E-state index contributed by atoms with van der Waals surface area (Å²) in [6.07, 6.45) is 0. The molecule has 0 aromatic rings. The van der Waals surface area contributed by atoms with Gasteiger partial charge in [0.2, 0.25) is 0 Å². The van der Waals surface area contributed by atoms with Crippen LogP contribution in [0.3, 0.4) is 0 Å². The monoisotopic (exact) mass is 120 g/mol. The average Bonchev–Trinajstić information content (AvgIpc) is 1.88. The van der Waals surface area contributed by atoms with Gasteiger partial charge in [-0.2, -0.15) is 0 Å². The summed E-state index contributed by atoms with van der Waals surface area (Å²) < 4.78 is 4.54. The smallest absolute Gasteiger partial charge is 0.0433 e. The van der Waals surface area contributed by atoms with Crippen LogP contribution < -0.4 is 11.1 Å². The lowest BCUT2D eigenvalue weighted by Gasteiger charge is -1.77. The maximum Gasteiger partial charge on any atom is 0.0433 e. The van der Waals surface area contributed by atoms with E-state index in [-0.39, 0.29) is 0 Å². The Morgan fingerprint density at radius 1 is 1.62 bits per heavy atom. The largest absolute Gasteiger partial charge is 0.385 e. The van der Waals surface area contributed by atoms with Gasteiger partial charge in [-0.25, -0.2) is 0 Å². The molecule has 0 atom stereocenters.